The molecule has 2 fully saturated rings. The Hall–Kier alpha value is -1.59. The fourth-order valence-electron chi connectivity index (χ4n) is 5.03. The maximum absolute atomic E-state index is 13.5. The molecule has 2 aliphatic rings. The van der Waals surface area contributed by atoms with Gasteiger partial charge in [-0.05, 0) is 42.9 Å². The van der Waals surface area contributed by atoms with Crippen molar-refractivity contribution in [2.24, 2.45) is 10.8 Å². The summed E-state index contributed by atoms with van der Waals surface area (Å²) in [7, 11) is 0. The van der Waals surface area contributed by atoms with Gasteiger partial charge in [0.25, 0.3) is 0 Å². The summed E-state index contributed by atoms with van der Waals surface area (Å²) >= 11 is 0. The predicted molar refractivity (Wildman–Crippen MR) is 129 cm³/mol. The number of rotatable bonds is 11. The molecule has 0 radical (unpaired) electrons. The van der Waals surface area contributed by atoms with Crippen LogP contribution in [0.15, 0.2) is 0 Å². The second-order valence-electron chi connectivity index (χ2n) is 10.7. The van der Waals surface area contributed by atoms with E-state index < -0.39 is 6.04 Å². The molecule has 2 rings (SSSR count). The van der Waals surface area contributed by atoms with Crippen molar-refractivity contribution in [2.75, 3.05) is 19.6 Å². The zero-order valence-electron chi connectivity index (χ0n) is 21.5. The molecule has 2 unspecified atom stereocenters. The Morgan fingerprint density at radius 3 is 1.84 bits per heavy atom. The van der Waals surface area contributed by atoms with E-state index in [0.29, 0.717) is 32.5 Å². The van der Waals surface area contributed by atoms with Crippen molar-refractivity contribution in [2.45, 2.75) is 118 Å². The number of carbonyl (C=O) groups is 3. The largest absolute Gasteiger partial charge is 0.338 e. The first-order valence-corrected chi connectivity index (χ1v) is 13.0. The molecule has 0 aromatic rings. The van der Waals surface area contributed by atoms with Gasteiger partial charge in [0.1, 0.15) is 0 Å². The number of carbonyl (C=O) groups excluding carboxylic acids is 3. The summed E-state index contributed by atoms with van der Waals surface area (Å²) in [4.78, 5) is 43.0. The molecule has 0 bridgehead atoms. The van der Waals surface area contributed by atoms with E-state index in [0.717, 1.165) is 51.4 Å². The first-order valence-electron chi connectivity index (χ1n) is 13.0. The number of ketones is 1. The normalized spacial score (nSPS) is 21.8. The van der Waals surface area contributed by atoms with Gasteiger partial charge in [0.05, 0.1) is 12.1 Å². The maximum atomic E-state index is 13.5. The van der Waals surface area contributed by atoms with Crippen LogP contribution in [0.5, 0.6) is 0 Å². The number of urea groups is 1. The van der Waals surface area contributed by atoms with Gasteiger partial charge in [0.2, 0.25) is 5.91 Å². The number of hydrogen-bond acceptors (Lipinski definition) is 3. The molecular weight excluding hydrogens is 402 g/mol. The van der Waals surface area contributed by atoms with Crippen molar-refractivity contribution in [1.82, 2.24) is 15.1 Å². The van der Waals surface area contributed by atoms with Gasteiger partial charge in [0, 0.05) is 26.1 Å². The molecule has 32 heavy (non-hydrogen) atoms. The standard InChI is InChI=1S/C26H47N3O3/c1-7-25(5,8-2)15-16-27-24(32)29-18-12-14-21(29)23(31)20-13-11-17-28(20)22(30)19-26(6,9-3)10-4/h20-21H,7-19H2,1-6H3,(H,27,32). The first kappa shape index (κ1) is 26.7. The van der Waals surface area contributed by atoms with Crippen molar-refractivity contribution >= 4 is 17.7 Å². The fraction of sp³-hybridized carbons (Fsp3) is 0.885. The molecule has 184 valence electrons. The lowest BCUT2D eigenvalue weighted by atomic mass is 9.81. The third-order valence-corrected chi connectivity index (χ3v) is 8.74. The SMILES string of the molecule is CCC(C)(CC)CCNC(=O)N1CCCC1C(=O)C1CCCN1C(=O)CC(C)(CC)CC. The van der Waals surface area contributed by atoms with E-state index in [2.05, 4.69) is 46.9 Å². The second kappa shape index (κ2) is 11.5. The summed E-state index contributed by atoms with van der Waals surface area (Å²) in [5.41, 5.74) is 0.224. The number of hydrogen-bond donors (Lipinski definition) is 1. The van der Waals surface area contributed by atoms with Gasteiger partial charge in [0.15, 0.2) is 5.78 Å². The van der Waals surface area contributed by atoms with E-state index in [1.165, 1.54) is 0 Å². The predicted octanol–water partition coefficient (Wildman–Crippen LogP) is 5.15. The lowest BCUT2D eigenvalue weighted by Gasteiger charge is -2.33. The van der Waals surface area contributed by atoms with Crippen LogP contribution in [0.4, 0.5) is 4.79 Å². The number of nitrogens with one attached hydrogen (secondary N) is 1. The summed E-state index contributed by atoms with van der Waals surface area (Å²) in [6, 6.07) is -0.904. The fourth-order valence-corrected chi connectivity index (χ4v) is 5.03. The Labute approximate surface area is 195 Å². The average molecular weight is 450 g/mol. The van der Waals surface area contributed by atoms with Crippen molar-refractivity contribution in [3.63, 3.8) is 0 Å². The van der Waals surface area contributed by atoms with Crippen molar-refractivity contribution in [1.29, 1.82) is 0 Å². The molecule has 6 heteroatoms. The van der Waals surface area contributed by atoms with Crippen molar-refractivity contribution in [3.8, 4) is 0 Å². The van der Waals surface area contributed by atoms with Gasteiger partial charge < -0.3 is 15.1 Å². The van der Waals surface area contributed by atoms with Crippen LogP contribution in [-0.4, -0.2) is 59.2 Å². The molecule has 0 spiro atoms. The molecule has 0 aromatic carbocycles. The van der Waals surface area contributed by atoms with Crippen LogP contribution in [0.1, 0.15) is 106 Å². The lowest BCUT2D eigenvalue weighted by molar-refractivity contribution is -0.140. The Kier molecular flexibility index (Phi) is 9.59. The van der Waals surface area contributed by atoms with Crippen LogP contribution in [0.3, 0.4) is 0 Å². The minimum atomic E-state index is -0.402. The highest BCUT2D eigenvalue weighted by Crippen LogP contribution is 2.33. The van der Waals surface area contributed by atoms with E-state index >= 15 is 0 Å². The molecule has 1 N–H and O–H groups in total. The Bertz CT molecular complexity index is 655. The number of Topliss-reactive ketones (excluding diaryl/α,β-unsaturated/α-hetero) is 1. The van der Waals surface area contributed by atoms with E-state index in [4.69, 9.17) is 0 Å². The molecule has 2 saturated heterocycles. The highest BCUT2D eigenvalue weighted by atomic mass is 16.2. The van der Waals surface area contributed by atoms with Gasteiger partial charge in [-0.3, -0.25) is 9.59 Å². The average Bonchev–Trinajstić information content (AvgIpc) is 3.48. The highest BCUT2D eigenvalue weighted by Gasteiger charge is 2.43. The second-order valence-corrected chi connectivity index (χ2v) is 10.7. The summed E-state index contributed by atoms with van der Waals surface area (Å²) in [6.07, 6.45) is 8.64. The molecule has 3 amide bonds. The van der Waals surface area contributed by atoms with Crippen LogP contribution in [0.2, 0.25) is 0 Å². The highest BCUT2D eigenvalue weighted by molar-refractivity contribution is 5.95. The third kappa shape index (κ3) is 6.26. The van der Waals surface area contributed by atoms with Gasteiger partial charge >= 0.3 is 6.03 Å². The van der Waals surface area contributed by atoms with Gasteiger partial charge in [-0.2, -0.15) is 0 Å². The Morgan fingerprint density at radius 1 is 0.812 bits per heavy atom. The third-order valence-electron chi connectivity index (χ3n) is 8.74. The van der Waals surface area contributed by atoms with Gasteiger partial charge in [-0.25, -0.2) is 4.79 Å². The quantitative estimate of drug-likeness (QED) is 0.474. The minimum absolute atomic E-state index is 0.0158. The number of amides is 3. The minimum Gasteiger partial charge on any atom is -0.338 e. The molecule has 0 saturated carbocycles. The van der Waals surface area contributed by atoms with E-state index in [-0.39, 0.29) is 34.6 Å². The molecule has 2 heterocycles. The van der Waals surface area contributed by atoms with Crippen molar-refractivity contribution in [3.05, 3.63) is 0 Å². The molecule has 2 aliphatic heterocycles. The van der Waals surface area contributed by atoms with Crippen LogP contribution >= 0.6 is 0 Å². The van der Waals surface area contributed by atoms with Gasteiger partial charge in [-0.1, -0.05) is 67.2 Å². The van der Waals surface area contributed by atoms with Crippen LogP contribution in [0, 0.1) is 10.8 Å². The molecule has 6 nitrogen and oxygen atoms in total. The van der Waals surface area contributed by atoms with Crippen LogP contribution in [0.25, 0.3) is 0 Å². The Morgan fingerprint density at radius 2 is 1.31 bits per heavy atom. The zero-order valence-corrected chi connectivity index (χ0v) is 21.5. The maximum Gasteiger partial charge on any atom is 0.318 e. The summed E-state index contributed by atoms with van der Waals surface area (Å²) < 4.78 is 0. The summed E-state index contributed by atoms with van der Waals surface area (Å²) in [5, 5.41) is 3.06. The van der Waals surface area contributed by atoms with E-state index in [1.807, 2.05) is 4.90 Å². The molecule has 2 atom stereocenters. The van der Waals surface area contributed by atoms with Crippen molar-refractivity contribution < 1.29 is 14.4 Å². The van der Waals surface area contributed by atoms with Crippen LogP contribution in [-0.2, 0) is 9.59 Å². The van der Waals surface area contributed by atoms with E-state index in [1.54, 1.807) is 4.90 Å². The smallest absolute Gasteiger partial charge is 0.318 e. The lowest BCUT2D eigenvalue weighted by Crippen LogP contribution is -2.52. The van der Waals surface area contributed by atoms with Crippen LogP contribution < -0.4 is 5.32 Å². The molecular formula is C26H47N3O3. The topological polar surface area (TPSA) is 69.7 Å². The zero-order chi connectivity index (χ0) is 23.9. The first-order chi connectivity index (χ1) is 15.1. The molecule has 0 aromatic heterocycles. The monoisotopic (exact) mass is 449 g/mol. The Balaban J connectivity index is 1.99. The molecule has 0 aliphatic carbocycles. The van der Waals surface area contributed by atoms with E-state index in [9.17, 15) is 14.4 Å². The summed E-state index contributed by atoms with van der Waals surface area (Å²) in [6.45, 7) is 15.0. The number of likely N-dealkylation sites (tertiary alicyclic amines) is 2. The summed E-state index contributed by atoms with van der Waals surface area (Å²) in [5.74, 6) is 0.157. The number of nitrogens with zero attached hydrogens (tertiary/aromatic N) is 2. The van der Waals surface area contributed by atoms with Gasteiger partial charge in [-0.15, -0.1) is 0 Å².